The Bertz CT molecular complexity index is 3410. The Morgan fingerprint density at radius 1 is 0.365 bits per heavy atom. The van der Waals surface area contributed by atoms with Crippen molar-refractivity contribution < 1.29 is 0 Å². The fraction of sp³-hybridized carbons (Fsp3) is 0. The monoisotopic (exact) mass is 660 g/mol. The van der Waals surface area contributed by atoms with Crippen molar-refractivity contribution in [3.05, 3.63) is 170 Å². The van der Waals surface area contributed by atoms with Crippen LogP contribution in [0.3, 0.4) is 0 Å². The van der Waals surface area contributed by atoms with Crippen molar-refractivity contribution in [3.63, 3.8) is 0 Å². The van der Waals surface area contributed by atoms with Gasteiger partial charge in [0.2, 0.25) is 5.95 Å². The average molecular weight is 661 g/mol. The summed E-state index contributed by atoms with van der Waals surface area (Å²) in [5.74, 6) is 0.663. The van der Waals surface area contributed by atoms with Gasteiger partial charge in [-0.15, -0.1) is 0 Å². The topological polar surface area (TPSA) is 35.1 Å². The van der Waals surface area contributed by atoms with Gasteiger partial charge >= 0.3 is 0 Å². The van der Waals surface area contributed by atoms with Crippen molar-refractivity contribution >= 4 is 81.6 Å². The van der Waals surface area contributed by atoms with Gasteiger partial charge in [-0.05, 0) is 64.4 Å². The number of para-hydroxylation sites is 3. The molecule has 0 aliphatic carbocycles. The molecule has 4 heteroatoms. The molecule has 0 spiro atoms. The molecule has 0 unspecified atom stereocenters. The summed E-state index contributed by atoms with van der Waals surface area (Å²) >= 11 is 0. The normalized spacial score (nSPS) is 12.2. The summed E-state index contributed by atoms with van der Waals surface area (Å²) < 4.78 is 4.77. The van der Waals surface area contributed by atoms with Crippen LogP contribution in [-0.2, 0) is 0 Å². The predicted octanol–water partition coefficient (Wildman–Crippen LogP) is 12.4. The minimum absolute atomic E-state index is 0.663. The minimum Gasteiger partial charge on any atom is -0.308 e. The molecule has 240 valence electrons. The molecule has 4 heterocycles. The van der Waals surface area contributed by atoms with E-state index in [4.69, 9.17) is 9.97 Å². The van der Waals surface area contributed by atoms with E-state index in [1.807, 2.05) is 0 Å². The van der Waals surface area contributed by atoms with E-state index in [-0.39, 0.29) is 0 Å². The highest BCUT2D eigenvalue weighted by Gasteiger charge is 2.25. The van der Waals surface area contributed by atoms with Gasteiger partial charge in [0.25, 0.3) is 0 Å². The van der Waals surface area contributed by atoms with E-state index in [0.717, 1.165) is 33.2 Å². The number of hydrogen-bond acceptors (Lipinski definition) is 2. The van der Waals surface area contributed by atoms with E-state index in [2.05, 4.69) is 179 Å². The summed E-state index contributed by atoms with van der Waals surface area (Å²) in [6, 6.07) is 61.1. The number of nitrogens with zero attached hydrogens (tertiary/aromatic N) is 4. The van der Waals surface area contributed by atoms with E-state index in [1.165, 1.54) is 70.8 Å². The molecule has 52 heavy (non-hydrogen) atoms. The molecule has 8 aromatic carbocycles. The molecule has 0 saturated heterocycles. The molecule has 4 nitrogen and oxygen atoms in total. The van der Waals surface area contributed by atoms with Gasteiger partial charge in [-0.25, -0.2) is 9.97 Å². The lowest BCUT2D eigenvalue weighted by Crippen LogP contribution is -2.03. The zero-order valence-electron chi connectivity index (χ0n) is 28.0. The third-order valence-electron chi connectivity index (χ3n) is 11.0. The molecule has 0 atom stereocenters. The van der Waals surface area contributed by atoms with E-state index >= 15 is 0 Å². The summed E-state index contributed by atoms with van der Waals surface area (Å²) in [6.07, 6.45) is 0. The second-order valence-corrected chi connectivity index (χ2v) is 13.8. The third-order valence-corrected chi connectivity index (χ3v) is 11.0. The molecule has 12 rings (SSSR count). The van der Waals surface area contributed by atoms with Crippen molar-refractivity contribution in [1.82, 2.24) is 18.9 Å². The molecule has 0 amide bonds. The molecule has 0 fully saturated rings. The van der Waals surface area contributed by atoms with E-state index in [1.54, 1.807) is 0 Å². The maximum atomic E-state index is 5.49. The Hall–Kier alpha value is -7.04. The van der Waals surface area contributed by atoms with Gasteiger partial charge in [-0.2, -0.15) is 0 Å². The molecule has 0 N–H and O–H groups in total. The molecular formula is C48H28N4. The maximum Gasteiger partial charge on any atom is 0.235 e. The van der Waals surface area contributed by atoms with Crippen LogP contribution in [-0.4, -0.2) is 18.9 Å². The lowest BCUT2D eigenvalue weighted by atomic mass is 9.99. The van der Waals surface area contributed by atoms with E-state index in [9.17, 15) is 0 Å². The Morgan fingerprint density at radius 3 is 1.92 bits per heavy atom. The fourth-order valence-electron chi connectivity index (χ4n) is 8.76. The smallest absolute Gasteiger partial charge is 0.235 e. The SMILES string of the molecule is c1ccc(-c2ccc3c(c2)c2c4c5ccccc5n5c6ccccc6c(cc2n3-c2nc(-c3ccc6ccccc6c3)c3ccccc3n2)c45)cc1. The quantitative estimate of drug-likeness (QED) is 0.189. The van der Waals surface area contributed by atoms with Crippen LogP contribution >= 0.6 is 0 Å². The Balaban J connectivity index is 1.27. The van der Waals surface area contributed by atoms with E-state index < -0.39 is 0 Å². The maximum absolute atomic E-state index is 5.49. The minimum atomic E-state index is 0.663. The third kappa shape index (κ3) is 3.70. The first-order chi connectivity index (χ1) is 25.8. The highest BCUT2D eigenvalue weighted by Crippen LogP contribution is 2.47. The number of hydrogen-bond donors (Lipinski definition) is 0. The first kappa shape index (κ1) is 27.7. The zero-order valence-corrected chi connectivity index (χ0v) is 28.0. The lowest BCUT2D eigenvalue weighted by molar-refractivity contribution is 1.01. The molecule has 0 aliphatic rings. The fourth-order valence-corrected chi connectivity index (χ4v) is 8.76. The van der Waals surface area contributed by atoms with Gasteiger partial charge in [0.1, 0.15) is 0 Å². The van der Waals surface area contributed by atoms with Crippen LogP contribution in [0.4, 0.5) is 0 Å². The predicted molar refractivity (Wildman–Crippen MR) is 217 cm³/mol. The molecule has 0 bridgehead atoms. The largest absolute Gasteiger partial charge is 0.308 e. The number of rotatable bonds is 3. The lowest BCUT2D eigenvalue weighted by Gasteiger charge is -2.12. The second kappa shape index (κ2) is 10.3. The van der Waals surface area contributed by atoms with Crippen LogP contribution in [0, 0.1) is 0 Å². The van der Waals surface area contributed by atoms with Crippen LogP contribution < -0.4 is 0 Å². The van der Waals surface area contributed by atoms with Gasteiger partial charge in [0, 0.05) is 43.3 Å². The van der Waals surface area contributed by atoms with Crippen LogP contribution in [0.2, 0.25) is 0 Å². The first-order valence-electron chi connectivity index (χ1n) is 17.8. The van der Waals surface area contributed by atoms with E-state index in [0.29, 0.717) is 5.95 Å². The standard InChI is InChI=1S/C48H28N4/c1-2-12-29(13-3-1)32-24-25-42-38(27-32)44-43(28-37-34-16-7-10-20-40(34)51-41-21-11-8-18-36(41)45(44)47(37)51)52(42)48-49-39-19-9-6-17-35(39)46(50-48)33-23-22-30-14-4-5-15-31(30)26-33/h1-28H. The summed E-state index contributed by atoms with van der Waals surface area (Å²) in [5, 5.41) is 10.8. The van der Waals surface area contributed by atoms with Gasteiger partial charge in [-0.1, -0.05) is 127 Å². The molecular weight excluding hydrogens is 633 g/mol. The van der Waals surface area contributed by atoms with Crippen molar-refractivity contribution in [2.45, 2.75) is 0 Å². The Kier molecular flexibility index (Phi) is 5.47. The first-order valence-corrected chi connectivity index (χ1v) is 17.8. The molecule has 0 saturated carbocycles. The second-order valence-electron chi connectivity index (χ2n) is 13.8. The molecule has 0 radical (unpaired) electrons. The summed E-state index contributed by atoms with van der Waals surface area (Å²) in [5.41, 5.74) is 11.2. The Labute approximate surface area is 297 Å². The van der Waals surface area contributed by atoms with Crippen molar-refractivity contribution in [2.75, 3.05) is 0 Å². The summed E-state index contributed by atoms with van der Waals surface area (Å²) in [6.45, 7) is 0. The van der Waals surface area contributed by atoms with Gasteiger partial charge in [0.15, 0.2) is 0 Å². The van der Waals surface area contributed by atoms with Gasteiger partial charge in [-0.3, -0.25) is 4.57 Å². The summed E-state index contributed by atoms with van der Waals surface area (Å²) in [7, 11) is 0. The average Bonchev–Trinajstić information content (AvgIpc) is 3.85. The zero-order chi connectivity index (χ0) is 33.9. The Morgan fingerprint density at radius 2 is 1.06 bits per heavy atom. The number of benzene rings is 8. The van der Waals surface area contributed by atoms with Crippen LogP contribution in [0.25, 0.3) is 110 Å². The molecule has 12 aromatic rings. The summed E-state index contributed by atoms with van der Waals surface area (Å²) in [4.78, 5) is 10.8. The number of aromatic nitrogens is 4. The van der Waals surface area contributed by atoms with Gasteiger partial charge in [0.05, 0.1) is 38.8 Å². The van der Waals surface area contributed by atoms with Crippen LogP contribution in [0.15, 0.2) is 170 Å². The van der Waals surface area contributed by atoms with Crippen LogP contribution in [0.5, 0.6) is 0 Å². The highest BCUT2D eigenvalue weighted by atomic mass is 15.2. The van der Waals surface area contributed by atoms with Crippen LogP contribution in [0.1, 0.15) is 0 Å². The van der Waals surface area contributed by atoms with Gasteiger partial charge < -0.3 is 4.40 Å². The molecule has 0 aliphatic heterocycles. The number of fused-ring (bicyclic) bond motifs is 12. The van der Waals surface area contributed by atoms with Crippen molar-refractivity contribution in [1.29, 1.82) is 0 Å². The van der Waals surface area contributed by atoms with Crippen molar-refractivity contribution in [2.24, 2.45) is 0 Å². The molecule has 4 aromatic heterocycles. The highest BCUT2D eigenvalue weighted by molar-refractivity contribution is 6.35. The van der Waals surface area contributed by atoms with Crippen molar-refractivity contribution in [3.8, 4) is 28.3 Å².